The largest absolute Gasteiger partial charge is 0.507 e. The summed E-state index contributed by atoms with van der Waals surface area (Å²) in [5, 5.41) is 19.1. The van der Waals surface area contributed by atoms with Crippen molar-refractivity contribution in [2.24, 2.45) is 0 Å². The number of carbonyl (C=O) groups is 2. The van der Waals surface area contributed by atoms with Crippen LogP contribution in [-0.4, -0.2) is 40.0 Å². The van der Waals surface area contributed by atoms with Crippen LogP contribution in [0.1, 0.15) is 15.9 Å². The first-order chi connectivity index (χ1) is 16.9. The van der Waals surface area contributed by atoms with Crippen LogP contribution in [0.2, 0.25) is 0 Å². The van der Waals surface area contributed by atoms with Gasteiger partial charge in [-0.2, -0.15) is 0 Å². The van der Waals surface area contributed by atoms with Crippen LogP contribution in [0.4, 0.5) is 32.0 Å². The van der Waals surface area contributed by atoms with E-state index >= 15 is 0 Å². The summed E-state index contributed by atoms with van der Waals surface area (Å²) in [5.74, 6) is -14.1. The summed E-state index contributed by atoms with van der Waals surface area (Å²) < 4.78 is 82.5. The number of likely N-dealkylation sites (N-methyl/N-ethyl adjacent to an activating group) is 1. The Labute approximate surface area is 204 Å². The lowest BCUT2D eigenvalue weighted by atomic mass is 10.1. The number of halogens is 6. The van der Waals surface area contributed by atoms with Gasteiger partial charge in [0.1, 0.15) is 22.0 Å². The number of rotatable bonds is 8. The highest BCUT2D eigenvalue weighted by atomic mass is 32.2. The molecule has 0 bridgehead atoms. The molecule has 13 heteroatoms. The Hall–Kier alpha value is -3.71. The van der Waals surface area contributed by atoms with Gasteiger partial charge in [-0.15, -0.1) is 0 Å². The van der Waals surface area contributed by atoms with Crippen LogP contribution < -0.4 is 4.90 Å². The number of amides is 1. The van der Waals surface area contributed by atoms with Crippen molar-refractivity contribution >= 4 is 29.5 Å². The number of aromatic carboxylic acids is 1. The molecule has 0 heterocycles. The number of benzene rings is 3. The van der Waals surface area contributed by atoms with E-state index < -0.39 is 69.5 Å². The zero-order valence-corrected chi connectivity index (χ0v) is 19.1. The van der Waals surface area contributed by atoms with Gasteiger partial charge in [-0.25, -0.2) is 35.4 Å². The number of nitrogens with zero attached hydrogens (tertiary/aromatic N) is 2. The number of hydrogen-bond donors (Lipinski definition) is 2. The highest BCUT2D eigenvalue weighted by molar-refractivity contribution is 7.97. The van der Waals surface area contributed by atoms with Crippen molar-refractivity contribution in [3.05, 3.63) is 88.5 Å². The fourth-order valence-electron chi connectivity index (χ4n) is 3.09. The molecule has 0 radical (unpaired) electrons. The molecule has 2 N–H and O–H groups in total. The maximum Gasteiger partial charge on any atom is 0.339 e. The molecular formula is C23H16F6N2O4S. The maximum absolute atomic E-state index is 14.0. The number of aromatic hydroxyl groups is 1. The first-order valence-electron chi connectivity index (χ1n) is 9.92. The molecule has 3 aromatic carbocycles. The summed E-state index contributed by atoms with van der Waals surface area (Å²) >= 11 is 0.105. The molecular weight excluding hydrogens is 514 g/mol. The Morgan fingerprint density at radius 1 is 0.861 bits per heavy atom. The first-order valence-corrected chi connectivity index (χ1v) is 10.7. The molecule has 0 aliphatic heterocycles. The third-order valence-electron chi connectivity index (χ3n) is 4.85. The van der Waals surface area contributed by atoms with Crippen LogP contribution in [0.15, 0.2) is 47.4 Å². The third-order valence-corrected chi connectivity index (χ3v) is 5.83. The lowest BCUT2D eigenvalue weighted by Crippen LogP contribution is -2.37. The van der Waals surface area contributed by atoms with Gasteiger partial charge in [0.25, 0.3) is 0 Å². The van der Waals surface area contributed by atoms with Crippen LogP contribution in [0.5, 0.6) is 5.75 Å². The van der Waals surface area contributed by atoms with E-state index in [2.05, 4.69) is 0 Å². The monoisotopic (exact) mass is 530 g/mol. The molecule has 0 spiro atoms. The Balaban J connectivity index is 1.90. The van der Waals surface area contributed by atoms with E-state index in [0.29, 0.717) is 5.56 Å². The molecule has 0 aliphatic rings. The average Bonchev–Trinajstić information content (AvgIpc) is 2.83. The van der Waals surface area contributed by atoms with Crippen molar-refractivity contribution in [1.29, 1.82) is 0 Å². The quantitative estimate of drug-likeness (QED) is 0.183. The molecule has 0 saturated carbocycles. The van der Waals surface area contributed by atoms with Crippen molar-refractivity contribution in [3.63, 3.8) is 0 Å². The second-order valence-corrected chi connectivity index (χ2v) is 8.60. The summed E-state index contributed by atoms with van der Waals surface area (Å²) in [4.78, 5) is 24.1. The zero-order valence-electron chi connectivity index (χ0n) is 18.2. The van der Waals surface area contributed by atoms with Crippen molar-refractivity contribution in [1.82, 2.24) is 4.31 Å². The van der Waals surface area contributed by atoms with E-state index in [9.17, 15) is 41.0 Å². The summed E-state index contributed by atoms with van der Waals surface area (Å²) in [5.41, 5.74) is 0.0231. The van der Waals surface area contributed by atoms with Crippen molar-refractivity contribution in [3.8, 4) is 5.75 Å². The van der Waals surface area contributed by atoms with Crippen molar-refractivity contribution in [2.45, 2.75) is 11.4 Å². The SMILES string of the molecule is CN(CC(=O)N(Cc1ccc(F)cc1)c1ccc(C(=O)O)c(O)c1)Sc1c(F)c(F)c(F)c(F)c1F. The van der Waals surface area contributed by atoms with E-state index in [-0.39, 0.29) is 24.2 Å². The fraction of sp³-hybridized carbons (Fsp3) is 0.130. The molecule has 0 aliphatic carbocycles. The van der Waals surface area contributed by atoms with Crippen molar-refractivity contribution in [2.75, 3.05) is 18.5 Å². The normalized spacial score (nSPS) is 11.1. The predicted octanol–water partition coefficient (Wildman–Crippen LogP) is 5.10. The van der Waals surface area contributed by atoms with Gasteiger partial charge in [-0.1, -0.05) is 12.1 Å². The van der Waals surface area contributed by atoms with Crippen LogP contribution in [-0.2, 0) is 11.3 Å². The van der Waals surface area contributed by atoms with Crippen molar-refractivity contribution < 1.29 is 46.1 Å². The highest BCUT2D eigenvalue weighted by Gasteiger charge is 2.28. The van der Waals surface area contributed by atoms with Gasteiger partial charge < -0.3 is 15.1 Å². The lowest BCUT2D eigenvalue weighted by molar-refractivity contribution is -0.118. The number of hydrogen-bond acceptors (Lipinski definition) is 5. The minimum atomic E-state index is -2.32. The Morgan fingerprint density at radius 2 is 1.42 bits per heavy atom. The van der Waals surface area contributed by atoms with E-state index in [1.807, 2.05) is 0 Å². The Morgan fingerprint density at radius 3 is 1.94 bits per heavy atom. The molecule has 1 amide bonds. The van der Waals surface area contributed by atoms with Gasteiger partial charge in [-0.05, 0) is 48.8 Å². The van der Waals surface area contributed by atoms with Gasteiger partial charge in [0.15, 0.2) is 23.3 Å². The number of carboxylic acids is 1. The smallest absolute Gasteiger partial charge is 0.339 e. The highest BCUT2D eigenvalue weighted by Crippen LogP contribution is 2.33. The van der Waals surface area contributed by atoms with Crippen LogP contribution in [0.25, 0.3) is 0 Å². The van der Waals surface area contributed by atoms with Gasteiger partial charge in [0.2, 0.25) is 11.7 Å². The Bertz CT molecular complexity index is 1290. The second-order valence-electron chi connectivity index (χ2n) is 7.39. The molecule has 6 nitrogen and oxygen atoms in total. The van der Waals surface area contributed by atoms with Gasteiger partial charge in [0.05, 0.1) is 13.1 Å². The second kappa shape index (κ2) is 10.9. The average molecular weight is 530 g/mol. The molecule has 190 valence electrons. The minimum Gasteiger partial charge on any atom is -0.507 e. The van der Waals surface area contributed by atoms with Gasteiger partial charge >= 0.3 is 5.97 Å². The fourth-order valence-corrected chi connectivity index (χ4v) is 3.92. The number of carbonyl (C=O) groups excluding carboxylic acids is 1. The van der Waals surface area contributed by atoms with E-state index in [1.165, 1.54) is 25.2 Å². The summed E-state index contributed by atoms with van der Waals surface area (Å²) in [7, 11) is 1.17. The first kappa shape index (κ1) is 26.9. The Kier molecular flexibility index (Phi) is 8.15. The van der Waals surface area contributed by atoms with Crippen LogP contribution >= 0.6 is 11.9 Å². The molecule has 3 rings (SSSR count). The molecule has 36 heavy (non-hydrogen) atoms. The van der Waals surface area contributed by atoms with E-state index in [0.717, 1.165) is 33.5 Å². The maximum atomic E-state index is 14.0. The molecule has 0 atom stereocenters. The molecule has 3 aromatic rings. The van der Waals surface area contributed by atoms with Gasteiger partial charge in [-0.3, -0.25) is 4.79 Å². The van der Waals surface area contributed by atoms with Crippen LogP contribution in [0.3, 0.4) is 0 Å². The summed E-state index contributed by atoms with van der Waals surface area (Å²) in [6, 6.07) is 8.28. The molecule has 0 aromatic heterocycles. The third kappa shape index (κ3) is 5.74. The standard InChI is InChI=1S/C23H16F6N2O4S/c1-30(36-22-20(28)18(26)17(25)19(27)21(22)29)10-16(33)31(9-11-2-4-12(24)5-3-11)13-6-7-14(23(34)35)15(32)8-13/h2-8,32H,9-10H2,1H3,(H,34,35). The van der Waals surface area contributed by atoms with E-state index in [4.69, 9.17) is 5.11 Å². The molecule has 0 fully saturated rings. The topological polar surface area (TPSA) is 81.1 Å². The van der Waals surface area contributed by atoms with Crippen LogP contribution in [0, 0.1) is 34.9 Å². The lowest BCUT2D eigenvalue weighted by Gasteiger charge is -2.26. The summed E-state index contributed by atoms with van der Waals surface area (Å²) in [6.07, 6.45) is 0. The molecule has 0 saturated heterocycles. The zero-order chi connectivity index (χ0) is 26.7. The molecule has 0 unspecified atom stereocenters. The number of phenols is 1. The predicted molar refractivity (Wildman–Crippen MR) is 117 cm³/mol. The van der Waals surface area contributed by atoms with E-state index in [1.54, 1.807) is 0 Å². The summed E-state index contributed by atoms with van der Waals surface area (Å²) in [6.45, 7) is -0.807. The number of carboxylic acid groups (broad SMARTS) is 1. The minimum absolute atomic E-state index is 0.0291. The number of anilines is 1. The van der Waals surface area contributed by atoms with Gasteiger partial charge in [0, 0.05) is 11.8 Å².